The first-order valence-electron chi connectivity index (χ1n) is 7.27. The summed E-state index contributed by atoms with van der Waals surface area (Å²) in [6.07, 6.45) is 0.529. The highest BCUT2D eigenvalue weighted by molar-refractivity contribution is 6.69. The summed E-state index contributed by atoms with van der Waals surface area (Å²) in [6.45, 7) is 11.0. The van der Waals surface area contributed by atoms with Gasteiger partial charge in [0.1, 0.15) is 0 Å². The molecule has 0 saturated heterocycles. The van der Waals surface area contributed by atoms with Gasteiger partial charge in [0, 0.05) is 19.1 Å². The molecule has 5 heteroatoms. The lowest BCUT2D eigenvalue weighted by molar-refractivity contribution is 0.305. The number of halogens is 2. The number of hydrogen-bond donors (Lipinski definition) is 0. The maximum atomic E-state index is 6.58. The lowest BCUT2D eigenvalue weighted by Gasteiger charge is -2.25. The minimum absolute atomic E-state index is 0.134. The van der Waals surface area contributed by atoms with Crippen LogP contribution in [-0.2, 0) is 4.43 Å². The molecule has 1 rings (SSSR count). The molecule has 0 bridgehead atoms. The summed E-state index contributed by atoms with van der Waals surface area (Å²) in [5, 5.41) is 0. The summed E-state index contributed by atoms with van der Waals surface area (Å²) in [4.78, 5) is 4.64. The Morgan fingerprint density at radius 2 is 1.76 bits per heavy atom. The number of benzene rings is 1. The maximum Gasteiger partial charge on any atom is 0.183 e. The van der Waals surface area contributed by atoms with Crippen LogP contribution >= 0.6 is 23.2 Å². The summed E-state index contributed by atoms with van der Waals surface area (Å²) in [5.41, 5.74) is 1.69. The number of nitrogens with zero attached hydrogens (tertiary/aromatic N) is 1. The topological polar surface area (TPSA) is 21.6 Å². The molecule has 21 heavy (non-hydrogen) atoms. The molecule has 0 aliphatic rings. The van der Waals surface area contributed by atoms with Gasteiger partial charge in [-0.1, -0.05) is 53.5 Å². The highest BCUT2D eigenvalue weighted by atomic mass is 35.5. The van der Waals surface area contributed by atoms with E-state index in [9.17, 15) is 0 Å². The molecule has 0 fully saturated rings. The molecule has 0 amide bonds. The SMILES string of the molecule is CC(C)N=C(c1ccccc1)C(Cl)(Cl)CCO[Si](C)(C)C. The van der Waals surface area contributed by atoms with Crippen LogP contribution in [-0.4, -0.2) is 31.0 Å². The molecule has 0 atom stereocenters. The van der Waals surface area contributed by atoms with Crippen molar-refractivity contribution >= 4 is 37.2 Å². The molecule has 0 N–H and O–H groups in total. The summed E-state index contributed by atoms with van der Waals surface area (Å²) in [7, 11) is -1.56. The lowest BCUT2D eigenvalue weighted by atomic mass is 10.0. The fourth-order valence-corrected chi connectivity index (χ4v) is 3.02. The minimum Gasteiger partial charge on any atom is -0.418 e. The first-order chi connectivity index (χ1) is 9.62. The van der Waals surface area contributed by atoms with Gasteiger partial charge >= 0.3 is 0 Å². The summed E-state index contributed by atoms with van der Waals surface area (Å²) >= 11 is 13.2. The van der Waals surface area contributed by atoms with E-state index in [-0.39, 0.29) is 6.04 Å². The Morgan fingerprint density at radius 1 is 1.19 bits per heavy atom. The van der Waals surface area contributed by atoms with Crippen molar-refractivity contribution in [2.45, 2.75) is 50.3 Å². The van der Waals surface area contributed by atoms with Gasteiger partial charge in [0.05, 0.1) is 5.71 Å². The molecular weight excluding hydrogens is 321 g/mol. The predicted octanol–water partition coefficient (Wildman–Crippen LogP) is 5.30. The second kappa shape index (κ2) is 7.77. The van der Waals surface area contributed by atoms with Crippen LogP contribution in [0.2, 0.25) is 19.6 Å². The third-order valence-corrected chi connectivity index (χ3v) is 4.54. The third kappa shape index (κ3) is 6.96. The van der Waals surface area contributed by atoms with Crippen molar-refractivity contribution in [1.82, 2.24) is 0 Å². The van der Waals surface area contributed by atoms with Gasteiger partial charge in [-0.3, -0.25) is 4.99 Å². The Morgan fingerprint density at radius 3 is 2.24 bits per heavy atom. The van der Waals surface area contributed by atoms with Crippen molar-refractivity contribution in [2.24, 2.45) is 4.99 Å². The van der Waals surface area contributed by atoms with Gasteiger partial charge in [0.25, 0.3) is 0 Å². The van der Waals surface area contributed by atoms with Crippen LogP contribution in [0.25, 0.3) is 0 Å². The van der Waals surface area contributed by atoms with Gasteiger partial charge in [0.15, 0.2) is 12.7 Å². The Bertz CT molecular complexity index is 467. The molecular formula is C16H25Cl2NOSi. The van der Waals surface area contributed by atoms with Crippen LogP contribution in [0.1, 0.15) is 25.8 Å². The molecule has 0 radical (unpaired) electrons. The number of hydrogen-bond acceptors (Lipinski definition) is 2. The molecule has 1 aromatic carbocycles. The minimum atomic E-state index is -1.56. The normalized spacial score (nSPS) is 13.8. The standard InChI is InChI=1S/C16H25Cl2NOSi/c1-13(2)19-15(14-9-7-6-8-10-14)16(17,18)11-12-20-21(3,4)5/h6-10,13H,11-12H2,1-5H3. The number of alkyl halides is 2. The van der Waals surface area contributed by atoms with Crippen LogP contribution < -0.4 is 0 Å². The fraction of sp³-hybridized carbons (Fsp3) is 0.562. The van der Waals surface area contributed by atoms with E-state index < -0.39 is 12.7 Å². The van der Waals surface area contributed by atoms with Crippen molar-refractivity contribution in [3.8, 4) is 0 Å². The molecule has 0 aliphatic carbocycles. The molecule has 0 heterocycles. The average Bonchev–Trinajstić information content (AvgIpc) is 2.34. The zero-order chi connectivity index (χ0) is 16.1. The smallest absolute Gasteiger partial charge is 0.183 e. The monoisotopic (exact) mass is 345 g/mol. The number of aliphatic imine (C=N–C) groups is 1. The van der Waals surface area contributed by atoms with Gasteiger partial charge in [0.2, 0.25) is 0 Å². The van der Waals surface area contributed by atoms with Crippen molar-refractivity contribution in [2.75, 3.05) is 6.61 Å². The summed E-state index contributed by atoms with van der Waals surface area (Å²) in [6, 6.07) is 10.0. The van der Waals surface area contributed by atoms with Crippen LogP contribution in [0.4, 0.5) is 0 Å². The van der Waals surface area contributed by atoms with E-state index >= 15 is 0 Å². The summed E-state index contributed by atoms with van der Waals surface area (Å²) in [5.74, 6) is 0. The van der Waals surface area contributed by atoms with Crippen LogP contribution in [0.15, 0.2) is 35.3 Å². The second-order valence-corrected chi connectivity index (χ2v) is 12.4. The summed E-state index contributed by atoms with van der Waals surface area (Å²) < 4.78 is 4.83. The van der Waals surface area contributed by atoms with Gasteiger partial charge in [-0.2, -0.15) is 0 Å². The highest BCUT2D eigenvalue weighted by Crippen LogP contribution is 2.31. The molecule has 0 spiro atoms. The van der Waals surface area contributed by atoms with E-state index in [1.165, 1.54) is 0 Å². The van der Waals surface area contributed by atoms with Crippen molar-refractivity contribution < 1.29 is 4.43 Å². The van der Waals surface area contributed by atoms with E-state index in [2.05, 4.69) is 24.6 Å². The van der Waals surface area contributed by atoms with Crippen molar-refractivity contribution in [3.63, 3.8) is 0 Å². The molecule has 0 saturated carbocycles. The predicted molar refractivity (Wildman–Crippen MR) is 96.5 cm³/mol. The first kappa shape index (κ1) is 18.7. The van der Waals surface area contributed by atoms with E-state index in [0.29, 0.717) is 13.0 Å². The van der Waals surface area contributed by atoms with Gasteiger partial charge in [-0.05, 0) is 39.1 Å². The van der Waals surface area contributed by atoms with Gasteiger partial charge < -0.3 is 4.43 Å². The Kier molecular flexibility index (Phi) is 6.92. The Balaban J connectivity index is 2.92. The van der Waals surface area contributed by atoms with Gasteiger partial charge in [-0.15, -0.1) is 0 Å². The molecule has 0 aromatic heterocycles. The van der Waals surface area contributed by atoms with E-state index in [1.807, 2.05) is 44.2 Å². The van der Waals surface area contributed by atoms with E-state index in [0.717, 1.165) is 11.3 Å². The quantitative estimate of drug-likeness (QED) is 0.373. The first-order valence-corrected chi connectivity index (χ1v) is 11.4. The molecule has 0 unspecified atom stereocenters. The zero-order valence-electron chi connectivity index (χ0n) is 13.5. The fourth-order valence-electron chi connectivity index (χ4n) is 1.84. The van der Waals surface area contributed by atoms with Crippen molar-refractivity contribution in [1.29, 1.82) is 0 Å². The third-order valence-electron chi connectivity index (χ3n) is 2.73. The highest BCUT2D eigenvalue weighted by Gasteiger charge is 2.32. The van der Waals surface area contributed by atoms with Crippen LogP contribution in [0.3, 0.4) is 0 Å². The van der Waals surface area contributed by atoms with E-state index in [4.69, 9.17) is 27.6 Å². The average molecular weight is 346 g/mol. The Hall–Kier alpha value is -0.353. The maximum absolute atomic E-state index is 6.58. The Labute approximate surface area is 139 Å². The largest absolute Gasteiger partial charge is 0.418 e. The van der Waals surface area contributed by atoms with Crippen LogP contribution in [0, 0.1) is 0 Å². The second-order valence-electron chi connectivity index (χ2n) is 6.35. The van der Waals surface area contributed by atoms with Crippen LogP contribution in [0.5, 0.6) is 0 Å². The zero-order valence-corrected chi connectivity index (χ0v) is 16.0. The van der Waals surface area contributed by atoms with Crippen molar-refractivity contribution in [3.05, 3.63) is 35.9 Å². The number of rotatable bonds is 7. The molecule has 0 aliphatic heterocycles. The molecule has 1 aromatic rings. The molecule has 118 valence electrons. The van der Waals surface area contributed by atoms with Gasteiger partial charge in [-0.25, -0.2) is 0 Å². The van der Waals surface area contributed by atoms with E-state index in [1.54, 1.807) is 0 Å². The molecule has 2 nitrogen and oxygen atoms in total. The lowest BCUT2D eigenvalue weighted by Crippen LogP contribution is -2.33.